The average molecular weight is 454 g/mol. The zero-order valence-corrected chi connectivity index (χ0v) is 20.5. The molecule has 4 N–H and O–H groups in total. The standard InChI is InChI=1S/C30H37N4/c1-4-10-28(31)30(17-5-2,25-16-19-34-27-14-9-7-12-24(25)27)29(32)20-21(3)22-15-18-33-26-13-8-6-11-23(22)26/h6-9,11-16,18-19,21,28-29H,2,4-5,10,17,20,31-32H2,1,3H3. The lowest BCUT2D eigenvalue weighted by Gasteiger charge is -2.46. The van der Waals surface area contributed by atoms with Gasteiger partial charge in [-0.05, 0) is 60.6 Å². The smallest absolute Gasteiger partial charge is 0.0704 e. The summed E-state index contributed by atoms with van der Waals surface area (Å²) in [5.74, 6) is 0.258. The van der Waals surface area contributed by atoms with Gasteiger partial charge in [0, 0.05) is 40.7 Å². The zero-order chi connectivity index (χ0) is 24.1. The van der Waals surface area contributed by atoms with E-state index in [2.05, 4.69) is 79.3 Å². The van der Waals surface area contributed by atoms with Gasteiger partial charge in [0.15, 0.2) is 0 Å². The van der Waals surface area contributed by atoms with Gasteiger partial charge in [-0.2, -0.15) is 0 Å². The SMILES string of the molecule is [CH2]CCC(c1ccnc2ccccc12)(C(N)CCC)C(N)CC(C)c1ccnc2ccccc12. The number of hydrogen-bond donors (Lipinski definition) is 2. The molecule has 2 aromatic carbocycles. The second-order valence-electron chi connectivity index (χ2n) is 9.58. The van der Waals surface area contributed by atoms with E-state index in [0.717, 1.165) is 48.5 Å². The van der Waals surface area contributed by atoms with Crippen molar-refractivity contribution in [2.75, 3.05) is 0 Å². The minimum atomic E-state index is -0.391. The molecular formula is C30H37N4. The molecule has 4 heteroatoms. The number of nitrogens with two attached hydrogens (primary N) is 2. The highest BCUT2D eigenvalue weighted by atomic mass is 14.8. The van der Waals surface area contributed by atoms with Gasteiger partial charge >= 0.3 is 0 Å². The van der Waals surface area contributed by atoms with E-state index < -0.39 is 5.41 Å². The van der Waals surface area contributed by atoms with Gasteiger partial charge < -0.3 is 11.5 Å². The van der Waals surface area contributed by atoms with Crippen molar-refractivity contribution in [2.24, 2.45) is 11.5 Å². The van der Waals surface area contributed by atoms with Gasteiger partial charge in [0.1, 0.15) is 0 Å². The van der Waals surface area contributed by atoms with E-state index in [4.69, 9.17) is 11.5 Å². The Morgan fingerprint density at radius 3 is 2.15 bits per heavy atom. The number of benzene rings is 2. The summed E-state index contributed by atoms with van der Waals surface area (Å²) in [4.78, 5) is 9.17. The van der Waals surface area contributed by atoms with Gasteiger partial charge in [-0.25, -0.2) is 0 Å². The Balaban J connectivity index is 1.81. The molecule has 0 saturated heterocycles. The van der Waals surface area contributed by atoms with Crippen LogP contribution in [0, 0.1) is 6.92 Å². The van der Waals surface area contributed by atoms with Gasteiger partial charge in [0.2, 0.25) is 0 Å². The van der Waals surface area contributed by atoms with E-state index in [1.807, 2.05) is 24.5 Å². The number of fused-ring (bicyclic) bond motifs is 2. The molecule has 0 amide bonds. The largest absolute Gasteiger partial charge is 0.327 e. The molecule has 4 nitrogen and oxygen atoms in total. The van der Waals surface area contributed by atoms with Crippen molar-refractivity contribution in [1.82, 2.24) is 9.97 Å². The summed E-state index contributed by atoms with van der Waals surface area (Å²) in [5.41, 5.74) is 18.4. The molecule has 4 unspecified atom stereocenters. The molecule has 0 bridgehead atoms. The van der Waals surface area contributed by atoms with Crippen LogP contribution >= 0.6 is 0 Å². The molecule has 4 aromatic rings. The summed E-state index contributed by atoms with van der Waals surface area (Å²) in [6.45, 7) is 8.71. The summed E-state index contributed by atoms with van der Waals surface area (Å²) in [7, 11) is 0. The Kier molecular flexibility index (Phi) is 7.60. The highest BCUT2D eigenvalue weighted by Crippen LogP contribution is 2.43. The quantitative estimate of drug-likeness (QED) is 0.296. The number of rotatable bonds is 10. The molecule has 4 atom stereocenters. The Morgan fingerprint density at radius 2 is 1.47 bits per heavy atom. The normalized spacial score (nSPS) is 16.3. The molecule has 177 valence electrons. The predicted molar refractivity (Wildman–Crippen MR) is 144 cm³/mol. The minimum absolute atomic E-state index is 0.0681. The molecule has 1 radical (unpaired) electrons. The molecule has 0 aliphatic carbocycles. The number of hydrogen-bond acceptors (Lipinski definition) is 4. The number of pyridine rings is 2. The maximum Gasteiger partial charge on any atom is 0.0704 e. The summed E-state index contributed by atoms with van der Waals surface area (Å²) >= 11 is 0. The van der Waals surface area contributed by atoms with Gasteiger partial charge in [-0.15, -0.1) is 0 Å². The van der Waals surface area contributed by atoms with Gasteiger partial charge in [-0.3, -0.25) is 9.97 Å². The highest BCUT2D eigenvalue weighted by Gasteiger charge is 2.44. The van der Waals surface area contributed by atoms with Gasteiger partial charge in [0.05, 0.1) is 11.0 Å². The zero-order valence-electron chi connectivity index (χ0n) is 20.5. The topological polar surface area (TPSA) is 77.8 Å². The summed E-state index contributed by atoms with van der Waals surface area (Å²) in [5, 5.41) is 2.34. The first-order valence-corrected chi connectivity index (χ1v) is 12.5. The molecule has 34 heavy (non-hydrogen) atoms. The minimum Gasteiger partial charge on any atom is -0.327 e. The second-order valence-corrected chi connectivity index (χ2v) is 9.58. The van der Waals surface area contributed by atoms with E-state index in [9.17, 15) is 0 Å². The molecule has 2 aromatic heterocycles. The van der Waals surface area contributed by atoms with E-state index in [1.165, 1.54) is 16.5 Å². The third-order valence-electron chi connectivity index (χ3n) is 7.49. The van der Waals surface area contributed by atoms with Crippen molar-refractivity contribution >= 4 is 21.8 Å². The van der Waals surface area contributed by atoms with Crippen molar-refractivity contribution < 1.29 is 0 Å². The molecule has 2 heterocycles. The fourth-order valence-electron chi connectivity index (χ4n) is 5.81. The van der Waals surface area contributed by atoms with Crippen molar-refractivity contribution in [2.45, 2.75) is 69.4 Å². The summed E-state index contributed by atoms with van der Waals surface area (Å²) < 4.78 is 0. The number of nitrogens with zero attached hydrogens (tertiary/aromatic N) is 2. The van der Waals surface area contributed by atoms with Crippen LogP contribution in [0.2, 0.25) is 0 Å². The molecular weight excluding hydrogens is 416 g/mol. The monoisotopic (exact) mass is 453 g/mol. The molecule has 0 aliphatic heterocycles. The van der Waals surface area contributed by atoms with Crippen LogP contribution in [0.5, 0.6) is 0 Å². The van der Waals surface area contributed by atoms with Gasteiger partial charge in [0.25, 0.3) is 0 Å². The summed E-state index contributed by atoms with van der Waals surface area (Å²) in [6, 6.07) is 20.7. The van der Waals surface area contributed by atoms with E-state index >= 15 is 0 Å². The maximum atomic E-state index is 7.23. The summed E-state index contributed by atoms with van der Waals surface area (Å²) in [6.07, 6.45) is 8.17. The third kappa shape index (κ3) is 4.45. The van der Waals surface area contributed by atoms with Crippen molar-refractivity contribution in [3.05, 3.63) is 91.1 Å². The Bertz CT molecular complexity index is 1230. The first-order chi connectivity index (χ1) is 16.5. The molecule has 0 saturated carbocycles. The van der Waals surface area contributed by atoms with Crippen LogP contribution in [-0.4, -0.2) is 22.1 Å². The van der Waals surface area contributed by atoms with Crippen LogP contribution in [0.4, 0.5) is 0 Å². The second kappa shape index (κ2) is 10.6. The maximum absolute atomic E-state index is 7.23. The average Bonchev–Trinajstić information content (AvgIpc) is 2.86. The lowest BCUT2D eigenvalue weighted by molar-refractivity contribution is 0.235. The van der Waals surface area contributed by atoms with Crippen LogP contribution in [-0.2, 0) is 5.41 Å². The molecule has 0 fully saturated rings. The van der Waals surface area contributed by atoms with Crippen molar-refractivity contribution in [3.63, 3.8) is 0 Å². The first-order valence-electron chi connectivity index (χ1n) is 12.5. The van der Waals surface area contributed by atoms with E-state index in [-0.39, 0.29) is 18.0 Å². The van der Waals surface area contributed by atoms with Crippen molar-refractivity contribution in [1.29, 1.82) is 0 Å². The van der Waals surface area contributed by atoms with E-state index in [1.54, 1.807) is 0 Å². The number of aromatic nitrogens is 2. The lowest BCUT2D eigenvalue weighted by Crippen LogP contribution is -2.57. The van der Waals surface area contributed by atoms with Gasteiger partial charge in [-0.1, -0.05) is 70.0 Å². The van der Waals surface area contributed by atoms with Crippen LogP contribution in [0.1, 0.15) is 63.0 Å². The lowest BCUT2D eigenvalue weighted by atomic mass is 9.62. The Morgan fingerprint density at radius 1 is 0.853 bits per heavy atom. The Labute approximate surface area is 203 Å². The fourth-order valence-corrected chi connectivity index (χ4v) is 5.81. The van der Waals surface area contributed by atoms with Crippen LogP contribution in [0.15, 0.2) is 73.1 Å². The highest BCUT2D eigenvalue weighted by molar-refractivity contribution is 5.84. The van der Waals surface area contributed by atoms with Crippen LogP contribution in [0.25, 0.3) is 21.8 Å². The fraction of sp³-hybridized carbons (Fsp3) is 0.367. The third-order valence-corrected chi connectivity index (χ3v) is 7.49. The molecule has 0 spiro atoms. The predicted octanol–water partition coefficient (Wildman–Crippen LogP) is 6.28. The first kappa shape index (κ1) is 24.3. The van der Waals surface area contributed by atoms with E-state index in [0.29, 0.717) is 0 Å². The Hall–Kier alpha value is -2.82. The van der Waals surface area contributed by atoms with Crippen LogP contribution < -0.4 is 11.5 Å². The molecule has 4 rings (SSSR count). The molecule has 0 aliphatic rings. The van der Waals surface area contributed by atoms with Crippen LogP contribution in [0.3, 0.4) is 0 Å². The van der Waals surface area contributed by atoms with Crippen molar-refractivity contribution in [3.8, 4) is 0 Å². The number of para-hydroxylation sites is 2.